The molecule has 0 amide bonds. The third kappa shape index (κ3) is 3.05. The first kappa shape index (κ1) is 13.0. The maximum atomic E-state index is 13.2. The normalized spacial score (nSPS) is 12.2. The van der Waals surface area contributed by atoms with E-state index in [0.29, 0.717) is 17.1 Å². The summed E-state index contributed by atoms with van der Waals surface area (Å²) in [5.41, 5.74) is 6.42. The molecule has 0 fully saturated rings. The molecule has 0 unspecified atom stereocenters. The number of benzene rings is 1. The van der Waals surface area contributed by atoms with Gasteiger partial charge in [-0.1, -0.05) is 0 Å². The quantitative estimate of drug-likeness (QED) is 0.938. The van der Waals surface area contributed by atoms with Gasteiger partial charge in [0.05, 0.1) is 6.20 Å². The van der Waals surface area contributed by atoms with Gasteiger partial charge in [0.15, 0.2) is 0 Å². The Morgan fingerprint density at radius 1 is 1.33 bits per heavy atom. The van der Waals surface area contributed by atoms with Crippen LogP contribution < -0.4 is 10.5 Å². The number of hydrogen-bond donors (Lipinski definition) is 1. The summed E-state index contributed by atoms with van der Waals surface area (Å²) in [5, 5.41) is 0. The molecule has 0 aliphatic rings. The van der Waals surface area contributed by atoms with Gasteiger partial charge in [0.25, 0.3) is 0 Å². The third-order valence-electron chi connectivity index (χ3n) is 2.37. The highest BCUT2D eigenvalue weighted by Crippen LogP contribution is 2.30. The van der Waals surface area contributed by atoms with Crippen molar-refractivity contribution in [2.45, 2.75) is 13.0 Å². The van der Waals surface area contributed by atoms with Gasteiger partial charge in [-0.2, -0.15) is 0 Å². The van der Waals surface area contributed by atoms with Crippen molar-refractivity contribution in [1.29, 1.82) is 0 Å². The van der Waals surface area contributed by atoms with Crippen molar-refractivity contribution in [2.24, 2.45) is 5.73 Å². The van der Waals surface area contributed by atoms with Crippen molar-refractivity contribution < 1.29 is 9.13 Å². The summed E-state index contributed by atoms with van der Waals surface area (Å²) in [6, 6.07) is 5.75. The number of pyridine rings is 1. The van der Waals surface area contributed by atoms with E-state index in [0.717, 1.165) is 4.47 Å². The molecule has 18 heavy (non-hydrogen) atoms. The molecule has 5 heteroatoms. The number of nitrogens with two attached hydrogens (primary N) is 1. The minimum absolute atomic E-state index is 0.309. The summed E-state index contributed by atoms with van der Waals surface area (Å²) in [6.45, 7) is 1.78. The van der Waals surface area contributed by atoms with Gasteiger partial charge in [-0.25, -0.2) is 4.39 Å². The van der Waals surface area contributed by atoms with Gasteiger partial charge < -0.3 is 10.5 Å². The Labute approximate surface area is 113 Å². The molecule has 0 aliphatic heterocycles. The Hall–Kier alpha value is -1.46. The fraction of sp³-hybridized carbons (Fsp3) is 0.154. The lowest BCUT2D eigenvalue weighted by atomic mass is 10.1. The predicted molar refractivity (Wildman–Crippen MR) is 71.0 cm³/mol. The Morgan fingerprint density at radius 2 is 2.11 bits per heavy atom. The van der Waals surface area contributed by atoms with E-state index in [2.05, 4.69) is 20.9 Å². The topological polar surface area (TPSA) is 48.1 Å². The number of hydrogen-bond acceptors (Lipinski definition) is 3. The van der Waals surface area contributed by atoms with Gasteiger partial charge in [-0.15, -0.1) is 0 Å². The number of aromatic nitrogens is 1. The summed E-state index contributed by atoms with van der Waals surface area (Å²) in [7, 11) is 0. The highest BCUT2D eigenvalue weighted by molar-refractivity contribution is 9.10. The smallest absolute Gasteiger partial charge is 0.146 e. The molecule has 0 saturated heterocycles. The fourth-order valence-corrected chi connectivity index (χ4v) is 1.89. The Kier molecular flexibility index (Phi) is 3.93. The third-order valence-corrected chi connectivity index (χ3v) is 2.80. The van der Waals surface area contributed by atoms with Crippen LogP contribution in [0.25, 0.3) is 0 Å². The molecule has 0 radical (unpaired) electrons. The minimum Gasteiger partial charge on any atom is -0.455 e. The zero-order chi connectivity index (χ0) is 13.1. The van der Waals surface area contributed by atoms with Crippen molar-refractivity contribution in [2.75, 3.05) is 0 Å². The van der Waals surface area contributed by atoms with Gasteiger partial charge in [-0.3, -0.25) is 4.98 Å². The van der Waals surface area contributed by atoms with E-state index >= 15 is 0 Å². The molecule has 3 nitrogen and oxygen atoms in total. The minimum atomic E-state index is -0.331. The van der Waals surface area contributed by atoms with E-state index in [4.69, 9.17) is 10.5 Å². The second kappa shape index (κ2) is 5.46. The van der Waals surface area contributed by atoms with E-state index in [1.165, 1.54) is 12.1 Å². The molecule has 1 atom stereocenters. The van der Waals surface area contributed by atoms with E-state index in [1.54, 1.807) is 31.5 Å². The van der Waals surface area contributed by atoms with Crippen molar-refractivity contribution >= 4 is 15.9 Å². The molecular weight excluding hydrogens is 299 g/mol. The standard InChI is InChI=1S/C13H12BrFN2O/c1-8(16)12-5-10(15)2-3-13(12)18-11-4-9(14)6-17-7-11/h2-8H,16H2,1H3/t8-/m1/s1. The van der Waals surface area contributed by atoms with Crippen LogP contribution in [0.1, 0.15) is 18.5 Å². The Balaban J connectivity index is 2.34. The van der Waals surface area contributed by atoms with Crippen molar-refractivity contribution in [3.05, 3.63) is 52.5 Å². The first-order valence-electron chi connectivity index (χ1n) is 5.39. The molecule has 1 aromatic carbocycles. The number of ether oxygens (including phenoxy) is 1. The highest BCUT2D eigenvalue weighted by atomic mass is 79.9. The second-order valence-electron chi connectivity index (χ2n) is 3.91. The molecule has 1 aromatic heterocycles. The summed E-state index contributed by atoms with van der Waals surface area (Å²) < 4.78 is 19.7. The van der Waals surface area contributed by atoms with Crippen LogP contribution in [-0.4, -0.2) is 4.98 Å². The van der Waals surface area contributed by atoms with Crippen molar-refractivity contribution in [3.63, 3.8) is 0 Å². The van der Waals surface area contributed by atoms with E-state index < -0.39 is 0 Å². The monoisotopic (exact) mass is 310 g/mol. The van der Waals surface area contributed by atoms with Crippen LogP contribution in [0.4, 0.5) is 4.39 Å². The SMILES string of the molecule is C[C@@H](N)c1cc(F)ccc1Oc1cncc(Br)c1. The predicted octanol–water partition coefficient (Wildman–Crippen LogP) is 3.80. The maximum absolute atomic E-state index is 13.2. The first-order chi connectivity index (χ1) is 8.56. The van der Waals surface area contributed by atoms with Crippen LogP contribution in [0.15, 0.2) is 41.1 Å². The maximum Gasteiger partial charge on any atom is 0.146 e. The molecule has 0 bridgehead atoms. The number of nitrogens with zero attached hydrogens (tertiary/aromatic N) is 1. The summed E-state index contributed by atoms with van der Waals surface area (Å²) in [6.07, 6.45) is 3.24. The van der Waals surface area contributed by atoms with Crippen LogP contribution in [0.5, 0.6) is 11.5 Å². The lowest BCUT2D eigenvalue weighted by Crippen LogP contribution is -2.07. The number of rotatable bonds is 3. The molecule has 0 spiro atoms. The number of halogens is 2. The van der Waals surface area contributed by atoms with Crippen LogP contribution in [-0.2, 0) is 0 Å². The van der Waals surface area contributed by atoms with Gasteiger partial charge in [0, 0.05) is 22.3 Å². The van der Waals surface area contributed by atoms with E-state index in [1.807, 2.05) is 0 Å². The molecule has 94 valence electrons. The Morgan fingerprint density at radius 3 is 2.78 bits per heavy atom. The van der Waals surface area contributed by atoms with Crippen LogP contribution in [0, 0.1) is 5.82 Å². The lowest BCUT2D eigenvalue weighted by Gasteiger charge is -2.13. The summed E-state index contributed by atoms with van der Waals surface area (Å²) >= 11 is 3.31. The molecule has 2 aromatic rings. The summed E-state index contributed by atoms with van der Waals surface area (Å²) in [5.74, 6) is 0.770. The van der Waals surface area contributed by atoms with Gasteiger partial charge in [-0.05, 0) is 47.1 Å². The van der Waals surface area contributed by atoms with Crippen LogP contribution in [0.3, 0.4) is 0 Å². The molecule has 2 N–H and O–H groups in total. The van der Waals surface area contributed by atoms with Crippen LogP contribution in [0.2, 0.25) is 0 Å². The molecular formula is C13H12BrFN2O. The Bertz CT molecular complexity index is 560. The van der Waals surface area contributed by atoms with Gasteiger partial charge in [0.2, 0.25) is 0 Å². The van der Waals surface area contributed by atoms with Gasteiger partial charge >= 0.3 is 0 Å². The summed E-state index contributed by atoms with van der Waals surface area (Å²) in [4.78, 5) is 4.00. The average Bonchev–Trinajstić information content (AvgIpc) is 2.31. The van der Waals surface area contributed by atoms with E-state index in [9.17, 15) is 4.39 Å². The van der Waals surface area contributed by atoms with Crippen molar-refractivity contribution in [1.82, 2.24) is 4.98 Å². The largest absolute Gasteiger partial charge is 0.455 e. The van der Waals surface area contributed by atoms with Crippen LogP contribution >= 0.6 is 15.9 Å². The van der Waals surface area contributed by atoms with E-state index in [-0.39, 0.29) is 11.9 Å². The van der Waals surface area contributed by atoms with Gasteiger partial charge in [0.1, 0.15) is 17.3 Å². The molecule has 1 heterocycles. The molecule has 2 rings (SSSR count). The van der Waals surface area contributed by atoms with Crippen molar-refractivity contribution in [3.8, 4) is 11.5 Å². The first-order valence-corrected chi connectivity index (χ1v) is 6.19. The zero-order valence-electron chi connectivity index (χ0n) is 9.73. The molecule has 0 aliphatic carbocycles. The fourth-order valence-electron chi connectivity index (χ4n) is 1.54. The lowest BCUT2D eigenvalue weighted by molar-refractivity contribution is 0.466. The zero-order valence-corrected chi connectivity index (χ0v) is 11.3. The highest BCUT2D eigenvalue weighted by Gasteiger charge is 2.10. The second-order valence-corrected chi connectivity index (χ2v) is 4.83. The molecule has 0 saturated carbocycles. The average molecular weight is 311 g/mol.